The van der Waals surface area contributed by atoms with Crippen molar-refractivity contribution in [3.63, 3.8) is 0 Å². The molecule has 0 aliphatic carbocycles. The summed E-state index contributed by atoms with van der Waals surface area (Å²) >= 11 is 0. The highest BCUT2D eigenvalue weighted by Crippen LogP contribution is 2.19. The smallest absolute Gasteiger partial charge is 0.270 e. The van der Waals surface area contributed by atoms with Crippen LogP contribution in [0.2, 0.25) is 0 Å². The van der Waals surface area contributed by atoms with Crippen LogP contribution in [0.3, 0.4) is 0 Å². The van der Waals surface area contributed by atoms with Crippen molar-refractivity contribution in [2.45, 2.75) is 38.5 Å². The summed E-state index contributed by atoms with van der Waals surface area (Å²) in [6, 6.07) is 1.71. The molecule has 130 valence electrons. The first-order chi connectivity index (χ1) is 11.5. The van der Waals surface area contributed by atoms with E-state index in [1.54, 1.807) is 22.7 Å². The maximum absolute atomic E-state index is 12.7. The summed E-state index contributed by atoms with van der Waals surface area (Å²) in [6.07, 6.45) is 0.360. The Hall–Kier alpha value is -2.26. The van der Waals surface area contributed by atoms with Gasteiger partial charge in [-0.2, -0.15) is 10.2 Å². The van der Waals surface area contributed by atoms with Gasteiger partial charge in [-0.05, 0) is 12.5 Å². The van der Waals surface area contributed by atoms with Gasteiger partial charge in [0, 0.05) is 33.0 Å². The van der Waals surface area contributed by atoms with Crippen LogP contribution in [0.15, 0.2) is 11.2 Å². The first-order valence-corrected chi connectivity index (χ1v) is 7.98. The van der Waals surface area contributed by atoms with E-state index in [2.05, 4.69) is 10.2 Å². The molecule has 24 heavy (non-hydrogen) atoms. The van der Waals surface area contributed by atoms with E-state index in [0.717, 1.165) is 12.1 Å². The fourth-order valence-corrected chi connectivity index (χ4v) is 2.92. The quantitative estimate of drug-likeness (QED) is 0.755. The van der Waals surface area contributed by atoms with E-state index in [0.29, 0.717) is 43.9 Å². The second-order valence-electron chi connectivity index (χ2n) is 6.03. The second-order valence-corrected chi connectivity index (χ2v) is 6.03. The molecule has 9 nitrogen and oxygen atoms in total. The summed E-state index contributed by atoms with van der Waals surface area (Å²) in [6.45, 7) is 1.19. The van der Waals surface area contributed by atoms with E-state index >= 15 is 0 Å². The summed E-state index contributed by atoms with van der Waals surface area (Å²) in [5, 5.41) is 28.4. The zero-order valence-corrected chi connectivity index (χ0v) is 13.6. The van der Waals surface area contributed by atoms with E-state index in [9.17, 15) is 14.7 Å². The van der Waals surface area contributed by atoms with Crippen molar-refractivity contribution in [1.82, 2.24) is 19.7 Å². The molecule has 1 aromatic heterocycles. The van der Waals surface area contributed by atoms with Crippen LogP contribution in [0.25, 0.3) is 0 Å². The number of aromatic nitrogens is 2. The highest BCUT2D eigenvalue weighted by molar-refractivity contribution is 6.39. The van der Waals surface area contributed by atoms with E-state index in [1.165, 1.54) is 5.01 Å². The number of aliphatic hydroxyl groups is 2. The lowest BCUT2D eigenvalue weighted by Gasteiger charge is -2.24. The van der Waals surface area contributed by atoms with Gasteiger partial charge in [0.25, 0.3) is 5.91 Å². The number of carbonyl (C=O) groups is 2. The number of rotatable bonds is 3. The Balaban J connectivity index is 1.78. The molecule has 2 amide bonds. The van der Waals surface area contributed by atoms with Crippen LogP contribution in [-0.4, -0.2) is 67.6 Å². The van der Waals surface area contributed by atoms with Crippen molar-refractivity contribution >= 4 is 17.5 Å². The Morgan fingerprint density at radius 1 is 1.38 bits per heavy atom. The molecule has 3 heterocycles. The lowest BCUT2D eigenvalue weighted by molar-refractivity contribution is -0.130. The first kappa shape index (κ1) is 16.6. The number of aryl methyl sites for hydroxylation is 1. The van der Waals surface area contributed by atoms with Crippen LogP contribution in [0, 0.1) is 0 Å². The topological polar surface area (TPSA) is 111 Å². The lowest BCUT2D eigenvalue weighted by atomic mass is 10.1. The van der Waals surface area contributed by atoms with Gasteiger partial charge in [0.1, 0.15) is 11.8 Å². The minimum atomic E-state index is -1.02. The Morgan fingerprint density at radius 3 is 2.88 bits per heavy atom. The van der Waals surface area contributed by atoms with Crippen LogP contribution < -0.4 is 0 Å². The number of fused-ring (bicyclic) bond motifs is 1. The molecule has 1 unspecified atom stereocenters. The van der Waals surface area contributed by atoms with Gasteiger partial charge in [-0.3, -0.25) is 14.3 Å². The maximum atomic E-state index is 12.7. The van der Waals surface area contributed by atoms with Crippen LogP contribution in [0.4, 0.5) is 0 Å². The number of hydrogen-bond acceptors (Lipinski definition) is 6. The van der Waals surface area contributed by atoms with Gasteiger partial charge < -0.3 is 15.1 Å². The predicted octanol–water partition coefficient (Wildman–Crippen LogP) is -0.751. The monoisotopic (exact) mass is 335 g/mol. The van der Waals surface area contributed by atoms with Crippen molar-refractivity contribution in [2.75, 3.05) is 20.2 Å². The van der Waals surface area contributed by atoms with Gasteiger partial charge in [-0.15, -0.1) is 0 Å². The number of aliphatic hydroxyl groups excluding tert-OH is 2. The molecule has 3 rings (SSSR count). The molecule has 2 aliphatic heterocycles. The highest BCUT2D eigenvalue weighted by atomic mass is 16.3. The van der Waals surface area contributed by atoms with Crippen molar-refractivity contribution < 1.29 is 19.8 Å². The third-order valence-electron chi connectivity index (χ3n) is 4.29. The van der Waals surface area contributed by atoms with Gasteiger partial charge in [0.2, 0.25) is 5.91 Å². The van der Waals surface area contributed by atoms with Gasteiger partial charge in [-0.25, -0.2) is 5.01 Å². The number of hydrogen-bond donors (Lipinski definition) is 2. The lowest BCUT2D eigenvalue weighted by Crippen LogP contribution is -2.40. The molecule has 0 radical (unpaired) electrons. The molecule has 0 aromatic carbocycles. The molecule has 0 saturated carbocycles. The van der Waals surface area contributed by atoms with Gasteiger partial charge in [0.05, 0.1) is 24.5 Å². The standard InChI is InChI=1S/C15H21N5O4/c1-18-14(23)4-3-11(16-18)15(24)19-5-2-6-20-10(8-19)7-12(17-20)13(22)9-21/h7,13,21-22H,2-6,8-9H2,1H3. The predicted molar refractivity (Wildman–Crippen MR) is 83.7 cm³/mol. The molecular weight excluding hydrogens is 314 g/mol. The summed E-state index contributed by atoms with van der Waals surface area (Å²) in [5.74, 6) is -0.267. The Bertz CT molecular complexity index is 683. The summed E-state index contributed by atoms with van der Waals surface area (Å²) in [7, 11) is 1.55. The largest absolute Gasteiger partial charge is 0.393 e. The van der Waals surface area contributed by atoms with Crippen molar-refractivity contribution in [3.8, 4) is 0 Å². The third-order valence-corrected chi connectivity index (χ3v) is 4.29. The maximum Gasteiger partial charge on any atom is 0.270 e. The Labute approximate surface area is 139 Å². The molecule has 2 N–H and O–H groups in total. The molecule has 0 saturated heterocycles. The molecule has 1 aromatic rings. The van der Waals surface area contributed by atoms with Gasteiger partial charge in [0.15, 0.2) is 0 Å². The van der Waals surface area contributed by atoms with Crippen molar-refractivity contribution in [2.24, 2.45) is 5.10 Å². The van der Waals surface area contributed by atoms with E-state index < -0.39 is 12.7 Å². The normalized spacial score (nSPS) is 19.6. The zero-order chi connectivity index (χ0) is 17.3. The SMILES string of the molecule is CN1N=C(C(=O)N2CCCn3nc(C(O)CO)cc3C2)CCC1=O. The number of amides is 2. The van der Waals surface area contributed by atoms with E-state index in [1.807, 2.05) is 0 Å². The Kier molecular flexibility index (Phi) is 4.63. The van der Waals surface area contributed by atoms with Gasteiger partial charge in [-0.1, -0.05) is 0 Å². The fraction of sp³-hybridized carbons (Fsp3) is 0.600. The molecule has 1 atom stereocenters. The molecule has 9 heteroatoms. The third kappa shape index (κ3) is 3.17. The van der Waals surface area contributed by atoms with Gasteiger partial charge >= 0.3 is 0 Å². The van der Waals surface area contributed by atoms with Crippen LogP contribution >= 0.6 is 0 Å². The zero-order valence-electron chi connectivity index (χ0n) is 13.6. The summed E-state index contributed by atoms with van der Waals surface area (Å²) < 4.78 is 1.76. The summed E-state index contributed by atoms with van der Waals surface area (Å²) in [4.78, 5) is 25.9. The van der Waals surface area contributed by atoms with E-state index in [-0.39, 0.29) is 11.8 Å². The Morgan fingerprint density at radius 2 is 2.17 bits per heavy atom. The number of nitrogens with zero attached hydrogens (tertiary/aromatic N) is 5. The number of hydrazone groups is 1. The summed E-state index contributed by atoms with van der Waals surface area (Å²) in [5.41, 5.74) is 1.60. The molecule has 0 spiro atoms. The van der Waals surface area contributed by atoms with E-state index in [4.69, 9.17) is 5.11 Å². The molecule has 0 fully saturated rings. The number of carbonyl (C=O) groups excluding carboxylic acids is 2. The average Bonchev–Trinajstić information content (AvgIpc) is 2.87. The fourth-order valence-electron chi connectivity index (χ4n) is 2.92. The minimum Gasteiger partial charge on any atom is -0.393 e. The molecule has 0 bridgehead atoms. The highest BCUT2D eigenvalue weighted by Gasteiger charge is 2.28. The van der Waals surface area contributed by atoms with Crippen molar-refractivity contribution in [1.29, 1.82) is 0 Å². The first-order valence-electron chi connectivity index (χ1n) is 7.98. The minimum absolute atomic E-state index is 0.0943. The molecular formula is C15H21N5O4. The molecule has 2 aliphatic rings. The second kappa shape index (κ2) is 6.70. The average molecular weight is 335 g/mol. The van der Waals surface area contributed by atoms with Crippen molar-refractivity contribution in [3.05, 3.63) is 17.5 Å². The van der Waals surface area contributed by atoms with Crippen LogP contribution in [0.1, 0.15) is 36.8 Å². The van der Waals surface area contributed by atoms with Crippen LogP contribution in [-0.2, 0) is 22.7 Å². The van der Waals surface area contributed by atoms with Crippen LogP contribution in [0.5, 0.6) is 0 Å².